The molecule has 0 aliphatic carbocycles. The van der Waals surface area contributed by atoms with Crippen LogP contribution >= 0.6 is 15.9 Å². The fraction of sp³-hybridized carbons (Fsp3) is 0.480. The first-order chi connectivity index (χ1) is 18.3. The quantitative estimate of drug-likeness (QED) is 0.327. The number of hydrogen-bond donors (Lipinski definition) is 1. The van der Waals surface area contributed by atoms with Crippen LogP contribution in [0.4, 0.5) is 4.39 Å². The molecule has 1 aliphatic rings. The lowest BCUT2D eigenvalue weighted by molar-refractivity contribution is -0.289. The molecule has 0 unspecified atom stereocenters. The number of hydrogen-bond acceptors (Lipinski definition) is 11. The first kappa shape index (κ1) is 30.0. The molecule has 1 N–H and O–H groups in total. The van der Waals surface area contributed by atoms with Crippen LogP contribution in [-0.4, -0.2) is 71.4 Å². The smallest absolute Gasteiger partial charge is 0.303 e. The van der Waals surface area contributed by atoms with Crippen molar-refractivity contribution in [3.8, 4) is 5.88 Å². The third-order valence-corrected chi connectivity index (χ3v) is 6.09. The Labute approximate surface area is 231 Å². The number of nitrogens with zero attached hydrogens (tertiary/aromatic N) is 1. The van der Waals surface area contributed by atoms with Crippen molar-refractivity contribution < 1.29 is 52.0 Å². The fourth-order valence-electron chi connectivity index (χ4n) is 3.98. The largest absolute Gasteiger partial charge is 0.463 e. The number of esters is 4. The van der Waals surface area contributed by atoms with Gasteiger partial charge in [0.25, 0.3) is 0 Å². The summed E-state index contributed by atoms with van der Waals surface area (Å²) in [5, 5.41) is 6.91. The molecule has 212 valence electrons. The summed E-state index contributed by atoms with van der Waals surface area (Å²) in [6.07, 6.45) is -6.73. The number of halogens is 2. The lowest BCUT2D eigenvalue weighted by Crippen LogP contribution is -2.63. The third kappa shape index (κ3) is 7.99. The van der Waals surface area contributed by atoms with Crippen molar-refractivity contribution >= 4 is 39.8 Å². The molecule has 14 heteroatoms. The van der Waals surface area contributed by atoms with E-state index in [4.69, 9.17) is 28.4 Å². The summed E-state index contributed by atoms with van der Waals surface area (Å²) in [6, 6.07) is 4.61. The van der Waals surface area contributed by atoms with Crippen molar-refractivity contribution in [2.75, 3.05) is 6.61 Å². The van der Waals surface area contributed by atoms with E-state index in [9.17, 15) is 23.6 Å². The first-order valence-corrected chi connectivity index (χ1v) is 12.6. The van der Waals surface area contributed by atoms with E-state index in [1.165, 1.54) is 13.0 Å². The van der Waals surface area contributed by atoms with Crippen molar-refractivity contribution in [2.24, 2.45) is 0 Å². The minimum atomic E-state index is -1.47. The van der Waals surface area contributed by atoms with Crippen LogP contribution < -0.4 is 4.74 Å². The van der Waals surface area contributed by atoms with Gasteiger partial charge in [-0.1, -0.05) is 22.0 Å². The maximum absolute atomic E-state index is 14.6. The Kier molecular flexibility index (Phi) is 10.0. The molecule has 5 atom stereocenters. The van der Waals surface area contributed by atoms with E-state index in [0.29, 0.717) is 21.3 Å². The number of nitrogens with one attached hydrogen (secondary N) is 1. The highest BCUT2D eigenvalue weighted by molar-refractivity contribution is 9.10. The third-order valence-electron chi connectivity index (χ3n) is 5.59. The monoisotopic (exact) mass is 614 g/mol. The van der Waals surface area contributed by atoms with Gasteiger partial charge in [-0.3, -0.25) is 24.3 Å². The normalized spacial score (nSPS) is 22.5. The van der Waals surface area contributed by atoms with Gasteiger partial charge in [0.05, 0.1) is 0 Å². The molecule has 0 saturated carbocycles. The van der Waals surface area contributed by atoms with Crippen molar-refractivity contribution in [3.63, 3.8) is 0 Å². The highest BCUT2D eigenvalue weighted by Crippen LogP contribution is 2.33. The van der Waals surface area contributed by atoms with Gasteiger partial charge in [-0.05, 0) is 24.6 Å². The van der Waals surface area contributed by atoms with Crippen LogP contribution in [0, 0.1) is 12.7 Å². The van der Waals surface area contributed by atoms with E-state index < -0.39 is 67.0 Å². The van der Waals surface area contributed by atoms with Gasteiger partial charge in [-0.15, -0.1) is 5.10 Å². The van der Waals surface area contributed by atoms with Crippen LogP contribution in [0.5, 0.6) is 5.88 Å². The van der Waals surface area contributed by atoms with Gasteiger partial charge in [0, 0.05) is 49.8 Å². The maximum atomic E-state index is 14.6. The fourth-order valence-corrected chi connectivity index (χ4v) is 4.32. The number of benzene rings is 1. The zero-order chi connectivity index (χ0) is 28.9. The van der Waals surface area contributed by atoms with E-state index in [1.54, 1.807) is 19.1 Å². The standard InChI is InChI=1S/C25H28BrFN2O10/c1-11-18(8-16-6-7-17(26)9-19(16)27)24(29-28-11)39-25-23(37-15(5)33)22(36-14(4)32)21(35-13(3)31)20(38-25)10-34-12(2)30/h6-7,9,20-23,25H,8,10H2,1-5H3,(H,28,29)/t20-,21-,22+,23-,25+/m1/s1. The molecule has 1 aromatic carbocycles. The molecule has 1 aliphatic heterocycles. The molecule has 1 saturated heterocycles. The molecule has 0 radical (unpaired) electrons. The van der Waals surface area contributed by atoms with Gasteiger partial charge in [0.2, 0.25) is 18.3 Å². The lowest BCUT2D eigenvalue weighted by Gasteiger charge is -2.43. The van der Waals surface area contributed by atoms with Crippen molar-refractivity contribution in [2.45, 2.75) is 71.7 Å². The molecule has 0 amide bonds. The molecule has 3 rings (SSSR count). The lowest BCUT2D eigenvalue weighted by atomic mass is 9.98. The number of H-pyrrole nitrogens is 1. The first-order valence-electron chi connectivity index (χ1n) is 11.8. The topological polar surface area (TPSA) is 152 Å². The number of carbonyl (C=O) groups is 4. The molecule has 12 nitrogen and oxygen atoms in total. The van der Waals surface area contributed by atoms with Gasteiger partial charge >= 0.3 is 23.9 Å². The molecular formula is C25H28BrFN2O10. The molecule has 2 aromatic rings. The molecule has 1 fully saturated rings. The highest BCUT2D eigenvalue weighted by Gasteiger charge is 2.53. The minimum Gasteiger partial charge on any atom is -0.463 e. The van der Waals surface area contributed by atoms with Crippen molar-refractivity contribution in [1.29, 1.82) is 0 Å². The van der Waals surface area contributed by atoms with E-state index >= 15 is 0 Å². The van der Waals surface area contributed by atoms with Crippen LogP contribution in [0.2, 0.25) is 0 Å². The molecule has 0 bridgehead atoms. The summed E-state index contributed by atoms with van der Waals surface area (Å²) >= 11 is 3.22. The number of ether oxygens (including phenoxy) is 6. The number of carbonyl (C=O) groups excluding carboxylic acids is 4. The Morgan fingerprint density at radius 3 is 2.18 bits per heavy atom. The van der Waals surface area contributed by atoms with Gasteiger partial charge in [0.15, 0.2) is 12.2 Å². The SMILES string of the molecule is CC(=O)OC[C@H]1O[C@@H](Oc2n[nH]c(C)c2Cc2ccc(Br)cc2F)[C@H](OC(C)=O)[C@@H](OC(C)=O)[C@@H]1OC(C)=O. The Balaban J connectivity index is 2.00. The Morgan fingerprint density at radius 1 is 0.974 bits per heavy atom. The predicted molar refractivity (Wildman–Crippen MR) is 133 cm³/mol. The van der Waals surface area contributed by atoms with Gasteiger partial charge in [-0.2, -0.15) is 0 Å². The van der Waals surface area contributed by atoms with Crippen LogP contribution in [0.25, 0.3) is 0 Å². The number of rotatable bonds is 9. The Hall–Kier alpha value is -3.52. The molecule has 39 heavy (non-hydrogen) atoms. The Bertz CT molecular complexity index is 1240. The minimum absolute atomic E-state index is 0.00396. The summed E-state index contributed by atoms with van der Waals surface area (Å²) in [6.45, 7) is 5.82. The Morgan fingerprint density at radius 2 is 1.59 bits per heavy atom. The van der Waals surface area contributed by atoms with E-state index in [0.717, 1.165) is 20.8 Å². The van der Waals surface area contributed by atoms with Crippen molar-refractivity contribution in [1.82, 2.24) is 10.2 Å². The second-order valence-corrected chi connectivity index (χ2v) is 9.65. The predicted octanol–water partition coefficient (Wildman–Crippen LogP) is 2.67. The van der Waals surface area contributed by atoms with Crippen LogP contribution in [0.3, 0.4) is 0 Å². The average Bonchev–Trinajstić information content (AvgIpc) is 3.16. The van der Waals surface area contributed by atoms with Gasteiger partial charge in [0.1, 0.15) is 18.5 Å². The molecular weight excluding hydrogens is 587 g/mol. The molecule has 0 spiro atoms. The number of aryl methyl sites for hydroxylation is 1. The number of aromatic nitrogens is 2. The van der Waals surface area contributed by atoms with E-state index in [1.807, 2.05) is 0 Å². The highest BCUT2D eigenvalue weighted by atomic mass is 79.9. The number of aromatic amines is 1. The van der Waals surface area contributed by atoms with E-state index in [2.05, 4.69) is 26.1 Å². The van der Waals surface area contributed by atoms with Gasteiger partial charge < -0.3 is 28.4 Å². The summed E-state index contributed by atoms with van der Waals surface area (Å²) in [5.41, 5.74) is 1.40. The maximum Gasteiger partial charge on any atom is 0.303 e. The average molecular weight is 615 g/mol. The second-order valence-electron chi connectivity index (χ2n) is 8.73. The van der Waals surface area contributed by atoms with Crippen LogP contribution in [0.1, 0.15) is 44.5 Å². The molecule has 1 aromatic heterocycles. The summed E-state index contributed by atoms with van der Waals surface area (Å²) < 4.78 is 48.3. The van der Waals surface area contributed by atoms with Crippen molar-refractivity contribution in [3.05, 3.63) is 45.3 Å². The van der Waals surface area contributed by atoms with E-state index in [-0.39, 0.29) is 12.3 Å². The zero-order valence-electron chi connectivity index (χ0n) is 21.8. The summed E-state index contributed by atoms with van der Waals surface area (Å²) in [7, 11) is 0. The zero-order valence-corrected chi connectivity index (χ0v) is 23.4. The second kappa shape index (κ2) is 13.0. The summed E-state index contributed by atoms with van der Waals surface area (Å²) in [4.78, 5) is 47.4. The van der Waals surface area contributed by atoms with Crippen LogP contribution in [0.15, 0.2) is 22.7 Å². The molecule has 2 heterocycles. The van der Waals surface area contributed by atoms with Crippen LogP contribution in [-0.2, 0) is 49.3 Å². The van der Waals surface area contributed by atoms with Gasteiger partial charge in [-0.25, -0.2) is 4.39 Å². The summed E-state index contributed by atoms with van der Waals surface area (Å²) in [5.74, 6) is -3.41.